The number of benzene rings is 2. The summed E-state index contributed by atoms with van der Waals surface area (Å²) in [5, 5.41) is -0.622. The number of fused-ring (bicyclic) bond motifs is 1. The van der Waals surface area contributed by atoms with Gasteiger partial charge < -0.3 is 10.3 Å². The van der Waals surface area contributed by atoms with E-state index in [0.29, 0.717) is 30.3 Å². The van der Waals surface area contributed by atoms with Crippen molar-refractivity contribution in [2.24, 2.45) is 5.73 Å². The zero-order chi connectivity index (χ0) is 25.8. The summed E-state index contributed by atoms with van der Waals surface area (Å²) in [6.45, 7) is 0. The summed E-state index contributed by atoms with van der Waals surface area (Å²) >= 11 is 0. The number of hydrogen-bond acceptors (Lipinski definition) is 3. The van der Waals surface area contributed by atoms with Gasteiger partial charge in [0.05, 0.1) is 5.25 Å². The first-order valence-electron chi connectivity index (χ1n) is 11.8. The Labute approximate surface area is 205 Å². The molecule has 0 unspecified atom stereocenters. The van der Waals surface area contributed by atoms with E-state index in [1.54, 1.807) is 4.57 Å². The molecule has 1 heterocycles. The largest absolute Gasteiger partial charge is 0.408 e. The van der Waals surface area contributed by atoms with Crippen LogP contribution < -0.4 is 10.5 Å². The van der Waals surface area contributed by atoms with Crippen LogP contribution >= 0.6 is 0 Å². The SMILES string of the molecule is NC(=O)c1cccc(F)c1-c1ccc2c([C@H](NS(=O)(=O)C3CCC3)C(F)(F)F)cn(C3CCC3)c2c1. The number of sulfonamides is 1. The first-order chi connectivity index (χ1) is 17.0. The quantitative estimate of drug-likeness (QED) is 0.409. The molecule has 1 amide bonds. The van der Waals surface area contributed by atoms with Crippen LogP contribution in [0.5, 0.6) is 0 Å². The number of rotatable bonds is 7. The van der Waals surface area contributed by atoms with Crippen molar-refractivity contribution in [1.29, 1.82) is 0 Å². The number of nitrogens with two attached hydrogens (primary N) is 1. The number of carbonyl (C=O) groups excluding carboxylic acids is 1. The molecule has 11 heteroatoms. The van der Waals surface area contributed by atoms with E-state index < -0.39 is 39.2 Å². The van der Waals surface area contributed by atoms with Crippen LogP contribution in [0.2, 0.25) is 0 Å². The number of amides is 1. The molecule has 0 aliphatic heterocycles. The van der Waals surface area contributed by atoms with Crippen LogP contribution in [0.1, 0.15) is 66.5 Å². The minimum absolute atomic E-state index is 0.0344. The Morgan fingerprint density at radius 2 is 1.78 bits per heavy atom. The molecule has 2 fully saturated rings. The third kappa shape index (κ3) is 4.28. The molecule has 2 aliphatic carbocycles. The van der Waals surface area contributed by atoms with E-state index >= 15 is 0 Å². The molecule has 0 saturated heterocycles. The predicted molar refractivity (Wildman–Crippen MR) is 127 cm³/mol. The lowest BCUT2D eigenvalue weighted by Gasteiger charge is -2.29. The lowest BCUT2D eigenvalue weighted by atomic mass is 9.92. The molecule has 36 heavy (non-hydrogen) atoms. The Morgan fingerprint density at radius 3 is 2.33 bits per heavy atom. The fourth-order valence-corrected chi connectivity index (χ4v) is 6.64. The number of halogens is 4. The molecule has 0 radical (unpaired) electrons. The Hall–Kier alpha value is -2.92. The first kappa shape index (κ1) is 24.8. The summed E-state index contributed by atoms with van der Waals surface area (Å²) < 4.78 is 86.5. The van der Waals surface area contributed by atoms with Gasteiger partial charge in [0.1, 0.15) is 11.9 Å². The van der Waals surface area contributed by atoms with Gasteiger partial charge in [-0.05, 0) is 55.9 Å². The second-order valence-electron chi connectivity index (χ2n) is 9.53. The molecule has 0 bridgehead atoms. The average molecular weight is 524 g/mol. The van der Waals surface area contributed by atoms with E-state index in [1.165, 1.54) is 42.6 Å². The van der Waals surface area contributed by atoms with Crippen molar-refractivity contribution >= 4 is 26.8 Å². The minimum Gasteiger partial charge on any atom is -0.366 e. The maximum absolute atomic E-state index is 14.8. The zero-order valence-electron chi connectivity index (χ0n) is 19.2. The standard InChI is InChI=1S/C25H25F4N3O3S/c26-20-9-3-8-18(24(30)33)22(20)14-10-11-17-19(13-32(21(17)12-14)15-4-1-5-15)23(25(27,28)29)31-36(34,35)16-6-2-7-16/h3,8-13,15-16,23,31H,1-2,4-7H2,(H2,30,33)/t23-/m0/s1. The van der Waals surface area contributed by atoms with Gasteiger partial charge in [0.25, 0.3) is 0 Å². The molecule has 3 aromatic rings. The Kier molecular flexibility index (Phi) is 6.11. The number of nitrogens with zero attached hydrogens (tertiary/aromatic N) is 1. The third-order valence-electron chi connectivity index (χ3n) is 7.31. The second kappa shape index (κ2) is 8.88. The highest BCUT2D eigenvalue weighted by Gasteiger charge is 2.47. The van der Waals surface area contributed by atoms with Crippen molar-refractivity contribution in [1.82, 2.24) is 9.29 Å². The van der Waals surface area contributed by atoms with Gasteiger partial charge in [0.15, 0.2) is 0 Å². The highest BCUT2D eigenvalue weighted by Crippen LogP contribution is 2.43. The number of alkyl halides is 3. The summed E-state index contributed by atoms with van der Waals surface area (Å²) in [6, 6.07) is 5.81. The molecule has 1 atom stereocenters. The maximum Gasteiger partial charge on any atom is 0.408 e. The van der Waals surface area contributed by atoms with Crippen LogP contribution in [-0.2, 0) is 10.0 Å². The van der Waals surface area contributed by atoms with Crippen molar-refractivity contribution in [2.45, 2.75) is 62.0 Å². The average Bonchev–Trinajstić information content (AvgIpc) is 3.06. The molecule has 2 saturated carbocycles. The van der Waals surface area contributed by atoms with Crippen LogP contribution in [-0.4, -0.2) is 30.3 Å². The van der Waals surface area contributed by atoms with Crippen molar-refractivity contribution < 1.29 is 30.8 Å². The molecule has 1 aromatic heterocycles. The van der Waals surface area contributed by atoms with E-state index in [4.69, 9.17) is 5.73 Å². The predicted octanol–water partition coefficient (Wildman–Crippen LogP) is 5.35. The van der Waals surface area contributed by atoms with Gasteiger partial charge in [-0.2, -0.15) is 17.9 Å². The summed E-state index contributed by atoms with van der Waals surface area (Å²) in [5.74, 6) is -1.52. The van der Waals surface area contributed by atoms with Crippen LogP contribution in [0.3, 0.4) is 0 Å². The molecule has 192 valence electrons. The molecule has 5 rings (SSSR count). The van der Waals surface area contributed by atoms with E-state index in [1.807, 2.05) is 4.72 Å². The first-order valence-corrected chi connectivity index (χ1v) is 13.3. The van der Waals surface area contributed by atoms with Gasteiger partial charge in [0, 0.05) is 39.8 Å². The van der Waals surface area contributed by atoms with Crippen molar-refractivity contribution in [3.63, 3.8) is 0 Å². The second-order valence-corrected chi connectivity index (χ2v) is 11.5. The fourth-order valence-electron chi connectivity index (χ4n) is 4.90. The summed E-state index contributed by atoms with van der Waals surface area (Å²) in [5.41, 5.74) is 5.84. The Morgan fingerprint density at radius 1 is 1.08 bits per heavy atom. The van der Waals surface area contributed by atoms with Crippen molar-refractivity contribution in [2.75, 3.05) is 0 Å². The van der Waals surface area contributed by atoms with Crippen molar-refractivity contribution in [3.05, 3.63) is 59.5 Å². The maximum atomic E-state index is 14.8. The van der Waals surface area contributed by atoms with Gasteiger partial charge in [0.2, 0.25) is 15.9 Å². The number of hydrogen-bond donors (Lipinski definition) is 2. The summed E-state index contributed by atoms with van der Waals surface area (Å²) in [6.07, 6.45) is 0.226. The van der Waals surface area contributed by atoms with Crippen LogP contribution in [0.15, 0.2) is 42.6 Å². The molecular formula is C25H25F4N3O3S. The normalized spacial score (nSPS) is 18.1. The molecule has 3 N–H and O–H groups in total. The molecule has 0 spiro atoms. The smallest absolute Gasteiger partial charge is 0.366 e. The summed E-state index contributed by atoms with van der Waals surface area (Å²) in [7, 11) is -4.18. The van der Waals surface area contributed by atoms with E-state index in [-0.39, 0.29) is 28.1 Å². The number of carbonyl (C=O) groups is 1. The van der Waals surface area contributed by atoms with E-state index in [2.05, 4.69) is 0 Å². The monoisotopic (exact) mass is 523 g/mol. The van der Waals surface area contributed by atoms with Crippen LogP contribution in [0.4, 0.5) is 17.6 Å². The van der Waals surface area contributed by atoms with Gasteiger partial charge >= 0.3 is 6.18 Å². The topological polar surface area (TPSA) is 94.2 Å². The molecular weight excluding hydrogens is 498 g/mol. The van der Waals surface area contributed by atoms with Gasteiger partial charge in [-0.25, -0.2) is 12.8 Å². The Balaban J connectivity index is 1.67. The molecule has 6 nitrogen and oxygen atoms in total. The summed E-state index contributed by atoms with van der Waals surface area (Å²) in [4.78, 5) is 11.9. The van der Waals surface area contributed by atoms with Crippen LogP contribution in [0.25, 0.3) is 22.0 Å². The number of aromatic nitrogens is 1. The number of primary amides is 1. The lowest BCUT2D eigenvalue weighted by Crippen LogP contribution is -2.44. The minimum atomic E-state index is -4.88. The molecule has 2 aliphatic rings. The lowest BCUT2D eigenvalue weighted by molar-refractivity contribution is -0.152. The van der Waals surface area contributed by atoms with Crippen molar-refractivity contribution in [3.8, 4) is 11.1 Å². The van der Waals surface area contributed by atoms with Gasteiger partial charge in [-0.1, -0.05) is 24.6 Å². The third-order valence-corrected chi connectivity index (χ3v) is 9.23. The van der Waals surface area contributed by atoms with Gasteiger partial charge in [-0.15, -0.1) is 0 Å². The fraction of sp³-hybridized carbons (Fsp3) is 0.400. The highest BCUT2D eigenvalue weighted by molar-refractivity contribution is 7.90. The molecule has 2 aromatic carbocycles. The van der Waals surface area contributed by atoms with E-state index in [0.717, 1.165) is 19.3 Å². The zero-order valence-corrected chi connectivity index (χ0v) is 20.0. The van der Waals surface area contributed by atoms with Crippen LogP contribution in [0, 0.1) is 5.82 Å². The van der Waals surface area contributed by atoms with E-state index in [9.17, 15) is 30.8 Å². The Bertz CT molecular complexity index is 1440. The highest BCUT2D eigenvalue weighted by atomic mass is 32.2. The number of nitrogens with one attached hydrogen (secondary N) is 1. The van der Waals surface area contributed by atoms with Gasteiger partial charge in [-0.3, -0.25) is 4.79 Å².